The molecule has 1 heterocycles. The van der Waals surface area contributed by atoms with Gasteiger partial charge in [-0.3, -0.25) is 4.90 Å². The van der Waals surface area contributed by atoms with E-state index in [-0.39, 0.29) is 0 Å². The molecule has 1 rings (SSSR count). The first kappa shape index (κ1) is 14.9. The average Bonchev–Trinajstić information content (AvgIpc) is 2.33. The Balaban J connectivity index is 2.01. The largest absolute Gasteiger partial charge is 0.378 e. The van der Waals surface area contributed by atoms with E-state index in [2.05, 4.69) is 36.1 Å². The molecule has 0 bridgehead atoms. The van der Waals surface area contributed by atoms with Crippen LogP contribution in [0.25, 0.3) is 0 Å². The molecule has 0 amide bonds. The summed E-state index contributed by atoms with van der Waals surface area (Å²) in [6.07, 6.45) is 2.42. The molecule has 4 nitrogen and oxygen atoms in total. The van der Waals surface area contributed by atoms with Gasteiger partial charge in [-0.2, -0.15) is 0 Å². The third-order valence-electron chi connectivity index (χ3n) is 3.36. The van der Waals surface area contributed by atoms with Gasteiger partial charge in [0.25, 0.3) is 0 Å². The van der Waals surface area contributed by atoms with Gasteiger partial charge < -0.3 is 15.0 Å². The van der Waals surface area contributed by atoms with Crippen molar-refractivity contribution in [3.63, 3.8) is 0 Å². The highest BCUT2D eigenvalue weighted by Crippen LogP contribution is 2.08. The molecule has 0 aromatic heterocycles. The smallest absolute Gasteiger partial charge is 0.0622 e. The predicted octanol–water partition coefficient (Wildman–Crippen LogP) is 0.639. The molecule has 4 heteroatoms. The monoisotopic (exact) mass is 243 g/mol. The van der Waals surface area contributed by atoms with Crippen molar-refractivity contribution in [2.45, 2.75) is 25.8 Å². The van der Waals surface area contributed by atoms with Crippen LogP contribution in [0.2, 0.25) is 0 Å². The quantitative estimate of drug-likeness (QED) is 0.633. The first-order valence-corrected chi connectivity index (χ1v) is 6.91. The van der Waals surface area contributed by atoms with Gasteiger partial charge in [0.15, 0.2) is 0 Å². The van der Waals surface area contributed by atoms with Crippen LogP contribution in [-0.2, 0) is 4.74 Å². The van der Waals surface area contributed by atoms with E-state index in [1.54, 1.807) is 0 Å². The van der Waals surface area contributed by atoms with Gasteiger partial charge in [-0.15, -0.1) is 0 Å². The van der Waals surface area contributed by atoms with Gasteiger partial charge in [0, 0.05) is 25.7 Å². The van der Waals surface area contributed by atoms with Gasteiger partial charge in [0.2, 0.25) is 0 Å². The van der Waals surface area contributed by atoms with E-state index in [1.165, 1.54) is 19.4 Å². The fourth-order valence-electron chi connectivity index (χ4n) is 2.23. The summed E-state index contributed by atoms with van der Waals surface area (Å²) in [4.78, 5) is 4.79. The molecule has 1 aliphatic heterocycles. The van der Waals surface area contributed by atoms with E-state index in [1.807, 2.05) is 0 Å². The van der Waals surface area contributed by atoms with Gasteiger partial charge >= 0.3 is 0 Å². The molecule has 102 valence electrons. The number of hydrogen-bond acceptors (Lipinski definition) is 4. The number of morpholine rings is 1. The third kappa shape index (κ3) is 6.36. The fourth-order valence-corrected chi connectivity index (χ4v) is 2.23. The van der Waals surface area contributed by atoms with Gasteiger partial charge in [0.1, 0.15) is 0 Å². The lowest BCUT2D eigenvalue weighted by atomic mass is 10.2. The molecule has 0 aromatic carbocycles. The Bertz CT molecular complexity index is 188. The number of hydrogen-bond donors (Lipinski definition) is 1. The first-order valence-electron chi connectivity index (χ1n) is 6.91. The van der Waals surface area contributed by atoms with Crippen molar-refractivity contribution in [1.29, 1.82) is 0 Å². The minimum absolute atomic E-state index is 0.632. The maximum atomic E-state index is 5.51. The lowest BCUT2D eigenvalue weighted by Gasteiger charge is -2.35. The van der Waals surface area contributed by atoms with E-state index in [9.17, 15) is 0 Å². The Kier molecular flexibility index (Phi) is 7.77. The van der Waals surface area contributed by atoms with Crippen molar-refractivity contribution in [3.8, 4) is 0 Å². The molecule has 0 aromatic rings. The van der Waals surface area contributed by atoms with Crippen molar-refractivity contribution in [2.75, 3.05) is 60.0 Å². The second kappa shape index (κ2) is 8.86. The summed E-state index contributed by atoms with van der Waals surface area (Å²) in [5.74, 6) is 0. The highest BCUT2D eigenvalue weighted by atomic mass is 16.5. The van der Waals surface area contributed by atoms with E-state index >= 15 is 0 Å². The lowest BCUT2D eigenvalue weighted by molar-refractivity contribution is -0.00782. The minimum Gasteiger partial charge on any atom is -0.378 e. The summed E-state index contributed by atoms with van der Waals surface area (Å²) in [5, 5.41) is 3.52. The van der Waals surface area contributed by atoms with Crippen LogP contribution in [0.4, 0.5) is 0 Å². The molecule has 1 fully saturated rings. The summed E-state index contributed by atoms with van der Waals surface area (Å²) in [6.45, 7) is 9.71. The van der Waals surface area contributed by atoms with E-state index in [0.29, 0.717) is 6.04 Å². The molecule has 1 saturated heterocycles. The Hall–Kier alpha value is -0.160. The second-order valence-electron chi connectivity index (χ2n) is 5.08. The van der Waals surface area contributed by atoms with Gasteiger partial charge in [-0.05, 0) is 40.0 Å². The van der Waals surface area contributed by atoms with Crippen LogP contribution >= 0.6 is 0 Å². The van der Waals surface area contributed by atoms with Crippen molar-refractivity contribution >= 4 is 0 Å². The predicted molar refractivity (Wildman–Crippen MR) is 72.5 cm³/mol. The maximum Gasteiger partial charge on any atom is 0.0622 e. The average molecular weight is 243 g/mol. The summed E-state index contributed by atoms with van der Waals surface area (Å²) < 4.78 is 5.51. The van der Waals surface area contributed by atoms with Crippen LogP contribution in [0.1, 0.15) is 19.8 Å². The SMILES string of the molecule is CCC1COCCN1CCNCCCN(C)C. The Morgan fingerprint density at radius 1 is 1.35 bits per heavy atom. The van der Waals surface area contributed by atoms with E-state index in [4.69, 9.17) is 4.74 Å². The van der Waals surface area contributed by atoms with Crippen LogP contribution < -0.4 is 5.32 Å². The number of nitrogens with one attached hydrogen (secondary N) is 1. The molecule has 0 aliphatic carbocycles. The third-order valence-corrected chi connectivity index (χ3v) is 3.36. The van der Waals surface area contributed by atoms with Crippen LogP contribution in [0.15, 0.2) is 0 Å². The summed E-state index contributed by atoms with van der Waals surface area (Å²) in [5.41, 5.74) is 0. The van der Waals surface area contributed by atoms with Crippen molar-refractivity contribution < 1.29 is 4.74 Å². The number of nitrogens with zero attached hydrogens (tertiary/aromatic N) is 2. The first-order chi connectivity index (χ1) is 8.24. The minimum atomic E-state index is 0.632. The Labute approximate surface area is 106 Å². The number of ether oxygens (including phenoxy) is 1. The molecule has 0 saturated carbocycles. The molecule has 1 N–H and O–H groups in total. The highest BCUT2D eigenvalue weighted by molar-refractivity contribution is 4.74. The van der Waals surface area contributed by atoms with Gasteiger partial charge in [-0.25, -0.2) is 0 Å². The van der Waals surface area contributed by atoms with E-state index < -0.39 is 0 Å². The highest BCUT2D eigenvalue weighted by Gasteiger charge is 2.20. The topological polar surface area (TPSA) is 27.7 Å². The van der Waals surface area contributed by atoms with Gasteiger partial charge in [0.05, 0.1) is 13.2 Å². The van der Waals surface area contributed by atoms with Crippen LogP contribution in [0, 0.1) is 0 Å². The summed E-state index contributed by atoms with van der Waals surface area (Å²) in [6, 6.07) is 0.632. The fraction of sp³-hybridized carbons (Fsp3) is 1.00. The Morgan fingerprint density at radius 3 is 2.88 bits per heavy atom. The zero-order valence-electron chi connectivity index (χ0n) is 11.7. The molecule has 17 heavy (non-hydrogen) atoms. The van der Waals surface area contributed by atoms with Crippen LogP contribution in [0.3, 0.4) is 0 Å². The standard InChI is InChI=1S/C13H29N3O/c1-4-13-12-17-11-10-16(13)9-7-14-6-5-8-15(2)3/h13-14H,4-12H2,1-3H3. The van der Waals surface area contributed by atoms with Gasteiger partial charge in [-0.1, -0.05) is 6.92 Å². The molecule has 0 spiro atoms. The Morgan fingerprint density at radius 2 is 2.18 bits per heavy atom. The second-order valence-corrected chi connectivity index (χ2v) is 5.08. The molecule has 1 aliphatic rings. The van der Waals surface area contributed by atoms with Crippen molar-refractivity contribution in [2.24, 2.45) is 0 Å². The normalized spacial score (nSPS) is 22.2. The zero-order chi connectivity index (χ0) is 12.5. The van der Waals surface area contributed by atoms with Crippen molar-refractivity contribution in [1.82, 2.24) is 15.1 Å². The van der Waals surface area contributed by atoms with Crippen LogP contribution in [-0.4, -0.2) is 75.9 Å². The molecule has 1 atom stereocenters. The van der Waals surface area contributed by atoms with E-state index in [0.717, 1.165) is 39.4 Å². The maximum absolute atomic E-state index is 5.51. The molecular formula is C13H29N3O. The van der Waals surface area contributed by atoms with Crippen molar-refractivity contribution in [3.05, 3.63) is 0 Å². The zero-order valence-corrected chi connectivity index (χ0v) is 11.7. The number of rotatable bonds is 8. The molecular weight excluding hydrogens is 214 g/mol. The summed E-state index contributed by atoms with van der Waals surface area (Å²) in [7, 11) is 4.25. The van der Waals surface area contributed by atoms with Crippen LogP contribution in [0.5, 0.6) is 0 Å². The lowest BCUT2D eigenvalue weighted by Crippen LogP contribution is -2.47. The summed E-state index contributed by atoms with van der Waals surface area (Å²) >= 11 is 0. The molecule has 1 unspecified atom stereocenters. The molecule has 0 radical (unpaired) electrons.